The molecule has 1 saturated heterocycles. The van der Waals surface area contributed by atoms with Crippen molar-refractivity contribution in [2.24, 2.45) is 11.8 Å². The fraction of sp³-hybridized carbons (Fsp3) is 1.00. The highest BCUT2D eigenvalue weighted by atomic mass is 15.2. The lowest BCUT2D eigenvalue weighted by Gasteiger charge is -2.50. The Hall–Kier alpha value is -0.0800. The molecule has 0 aromatic heterocycles. The van der Waals surface area contributed by atoms with E-state index < -0.39 is 0 Å². The number of likely N-dealkylation sites (tertiary alicyclic amines) is 1. The van der Waals surface area contributed by atoms with E-state index in [9.17, 15) is 0 Å². The molecule has 2 aliphatic carbocycles. The maximum absolute atomic E-state index is 3.55. The zero-order valence-corrected chi connectivity index (χ0v) is 11.3. The maximum Gasteiger partial charge on any atom is 0.0139 e. The van der Waals surface area contributed by atoms with E-state index in [1.165, 1.54) is 58.0 Å². The van der Waals surface area contributed by atoms with Crippen LogP contribution in [-0.4, -0.2) is 36.6 Å². The van der Waals surface area contributed by atoms with E-state index in [4.69, 9.17) is 0 Å². The van der Waals surface area contributed by atoms with Crippen LogP contribution in [0.5, 0.6) is 0 Å². The largest absolute Gasteiger partial charge is 0.317 e. The number of piperidine rings is 1. The van der Waals surface area contributed by atoms with Crippen LogP contribution >= 0.6 is 0 Å². The predicted octanol–water partition coefficient (Wildman–Crippen LogP) is 2.64. The molecule has 0 bridgehead atoms. The van der Waals surface area contributed by atoms with Gasteiger partial charge in [-0.05, 0) is 70.0 Å². The third kappa shape index (κ3) is 2.26. The van der Waals surface area contributed by atoms with E-state index in [1.54, 1.807) is 0 Å². The lowest BCUT2D eigenvalue weighted by atomic mass is 9.76. The van der Waals surface area contributed by atoms with Crippen LogP contribution in [0.1, 0.15) is 51.9 Å². The van der Waals surface area contributed by atoms with Gasteiger partial charge in [0.25, 0.3) is 0 Å². The van der Waals surface area contributed by atoms with Crippen molar-refractivity contribution in [3.05, 3.63) is 0 Å². The minimum Gasteiger partial charge on any atom is -0.317 e. The van der Waals surface area contributed by atoms with E-state index in [2.05, 4.69) is 17.1 Å². The normalized spacial score (nSPS) is 42.2. The second-order valence-corrected chi connectivity index (χ2v) is 6.35. The first-order valence-electron chi connectivity index (χ1n) is 7.86. The highest BCUT2D eigenvalue weighted by Gasteiger charge is 2.43. The summed E-state index contributed by atoms with van der Waals surface area (Å²) < 4.78 is 0. The van der Waals surface area contributed by atoms with Gasteiger partial charge >= 0.3 is 0 Å². The molecular weight excluding hydrogens is 208 g/mol. The molecule has 2 nitrogen and oxygen atoms in total. The summed E-state index contributed by atoms with van der Waals surface area (Å²) in [5.74, 6) is 2.01. The quantitative estimate of drug-likeness (QED) is 0.807. The van der Waals surface area contributed by atoms with Gasteiger partial charge in [-0.25, -0.2) is 0 Å². The van der Waals surface area contributed by atoms with Crippen molar-refractivity contribution < 1.29 is 0 Å². The van der Waals surface area contributed by atoms with Gasteiger partial charge in [0.2, 0.25) is 0 Å². The minimum absolute atomic E-state index is 0.931. The van der Waals surface area contributed by atoms with Gasteiger partial charge in [0, 0.05) is 12.1 Å². The third-order valence-electron chi connectivity index (χ3n) is 5.50. The molecule has 17 heavy (non-hydrogen) atoms. The van der Waals surface area contributed by atoms with Gasteiger partial charge in [-0.15, -0.1) is 0 Å². The molecule has 0 aromatic rings. The fourth-order valence-electron chi connectivity index (χ4n) is 4.46. The van der Waals surface area contributed by atoms with E-state index >= 15 is 0 Å². The SMILES string of the molecule is CCNCC1CCC1N1CCCC2CCCC21. The Morgan fingerprint density at radius 1 is 1.00 bits per heavy atom. The molecule has 3 aliphatic rings. The first-order valence-corrected chi connectivity index (χ1v) is 7.86. The van der Waals surface area contributed by atoms with E-state index in [1.807, 2.05) is 0 Å². The Kier molecular flexibility index (Phi) is 3.72. The fourth-order valence-corrected chi connectivity index (χ4v) is 4.46. The van der Waals surface area contributed by atoms with E-state index in [-0.39, 0.29) is 0 Å². The van der Waals surface area contributed by atoms with Gasteiger partial charge in [0.05, 0.1) is 0 Å². The molecular formula is C15H28N2. The average molecular weight is 236 g/mol. The predicted molar refractivity (Wildman–Crippen MR) is 72.1 cm³/mol. The van der Waals surface area contributed by atoms with E-state index in [0.29, 0.717) is 0 Å². The molecule has 3 fully saturated rings. The van der Waals surface area contributed by atoms with Crippen molar-refractivity contribution in [1.82, 2.24) is 10.2 Å². The van der Waals surface area contributed by atoms with Crippen LogP contribution in [0.4, 0.5) is 0 Å². The molecule has 98 valence electrons. The second-order valence-electron chi connectivity index (χ2n) is 6.35. The minimum atomic E-state index is 0.931. The summed E-state index contributed by atoms with van der Waals surface area (Å²) in [7, 11) is 0. The summed E-state index contributed by atoms with van der Waals surface area (Å²) in [5.41, 5.74) is 0. The highest BCUT2D eigenvalue weighted by Crippen LogP contribution is 2.42. The van der Waals surface area contributed by atoms with Gasteiger partial charge in [0.15, 0.2) is 0 Å². The molecule has 0 spiro atoms. The maximum atomic E-state index is 3.55. The summed E-state index contributed by atoms with van der Waals surface area (Å²) in [6.45, 7) is 6.01. The Bertz CT molecular complexity index is 253. The number of rotatable bonds is 4. The molecule has 4 atom stereocenters. The first-order chi connectivity index (χ1) is 8.40. The monoisotopic (exact) mass is 236 g/mol. The Morgan fingerprint density at radius 2 is 1.88 bits per heavy atom. The number of fused-ring (bicyclic) bond motifs is 1. The second kappa shape index (κ2) is 5.27. The van der Waals surface area contributed by atoms with Gasteiger partial charge in [-0.1, -0.05) is 13.3 Å². The van der Waals surface area contributed by atoms with Crippen molar-refractivity contribution >= 4 is 0 Å². The third-order valence-corrected chi connectivity index (χ3v) is 5.50. The molecule has 1 N–H and O–H groups in total. The number of hydrogen-bond donors (Lipinski definition) is 1. The van der Waals surface area contributed by atoms with Gasteiger partial charge in [-0.3, -0.25) is 4.90 Å². The lowest BCUT2D eigenvalue weighted by molar-refractivity contribution is -0.00713. The van der Waals surface area contributed by atoms with Crippen molar-refractivity contribution in [3.63, 3.8) is 0 Å². The summed E-state index contributed by atoms with van der Waals surface area (Å²) in [4.78, 5) is 2.92. The zero-order chi connectivity index (χ0) is 11.7. The molecule has 1 heterocycles. The summed E-state index contributed by atoms with van der Waals surface area (Å²) in [5, 5.41) is 3.55. The lowest BCUT2D eigenvalue weighted by Crippen LogP contribution is -2.56. The first kappa shape index (κ1) is 12.0. The number of nitrogens with zero attached hydrogens (tertiary/aromatic N) is 1. The number of nitrogens with one attached hydrogen (secondary N) is 1. The topological polar surface area (TPSA) is 15.3 Å². The summed E-state index contributed by atoms with van der Waals surface area (Å²) >= 11 is 0. The van der Waals surface area contributed by atoms with Crippen LogP contribution in [0.15, 0.2) is 0 Å². The van der Waals surface area contributed by atoms with Crippen LogP contribution in [0.2, 0.25) is 0 Å². The van der Waals surface area contributed by atoms with Crippen LogP contribution in [0.25, 0.3) is 0 Å². The van der Waals surface area contributed by atoms with Gasteiger partial charge in [0.1, 0.15) is 0 Å². The molecule has 1 aliphatic heterocycles. The van der Waals surface area contributed by atoms with Gasteiger partial charge in [-0.2, -0.15) is 0 Å². The number of hydrogen-bond acceptors (Lipinski definition) is 2. The molecule has 4 unspecified atom stereocenters. The Labute approximate surface area is 106 Å². The van der Waals surface area contributed by atoms with Crippen LogP contribution < -0.4 is 5.32 Å². The summed E-state index contributed by atoms with van der Waals surface area (Å²) in [6, 6.07) is 1.90. The molecule has 0 radical (unpaired) electrons. The van der Waals surface area contributed by atoms with Gasteiger partial charge < -0.3 is 5.32 Å². The smallest absolute Gasteiger partial charge is 0.0139 e. The zero-order valence-electron chi connectivity index (χ0n) is 11.3. The average Bonchev–Trinajstić information content (AvgIpc) is 2.77. The van der Waals surface area contributed by atoms with Crippen LogP contribution in [0.3, 0.4) is 0 Å². The van der Waals surface area contributed by atoms with Crippen molar-refractivity contribution in [2.75, 3.05) is 19.6 Å². The standard InChI is InChI=1S/C15H28N2/c1-2-16-11-13-8-9-15(13)17-10-4-6-12-5-3-7-14(12)17/h12-16H,2-11H2,1H3. The molecule has 2 heteroatoms. The Balaban J connectivity index is 1.59. The van der Waals surface area contributed by atoms with Crippen LogP contribution in [0, 0.1) is 11.8 Å². The molecule has 0 aromatic carbocycles. The molecule has 0 amide bonds. The Morgan fingerprint density at radius 3 is 2.65 bits per heavy atom. The molecule has 3 rings (SSSR count). The van der Waals surface area contributed by atoms with Crippen molar-refractivity contribution in [2.45, 2.75) is 64.0 Å². The van der Waals surface area contributed by atoms with Crippen LogP contribution in [-0.2, 0) is 0 Å². The highest BCUT2D eigenvalue weighted by molar-refractivity contribution is 4.98. The van der Waals surface area contributed by atoms with Crippen molar-refractivity contribution in [3.8, 4) is 0 Å². The van der Waals surface area contributed by atoms with Crippen molar-refractivity contribution in [1.29, 1.82) is 0 Å². The molecule has 2 saturated carbocycles. The van der Waals surface area contributed by atoms with E-state index in [0.717, 1.165) is 30.5 Å². The summed E-state index contributed by atoms with van der Waals surface area (Å²) in [6.07, 6.45) is 10.4.